The van der Waals surface area contributed by atoms with Crippen LogP contribution in [0.5, 0.6) is 0 Å². The first kappa shape index (κ1) is 6.90. The fourth-order valence-electron chi connectivity index (χ4n) is 1.69. The van der Waals surface area contributed by atoms with E-state index in [0.717, 1.165) is 11.8 Å². The summed E-state index contributed by atoms with van der Waals surface area (Å²) >= 11 is 0. The smallest absolute Gasteiger partial charge is 0.0133 e. The molecule has 0 heteroatoms. The van der Waals surface area contributed by atoms with Crippen LogP contribution in [0, 0.1) is 12.8 Å². The quantitative estimate of drug-likeness (QED) is 0.571. The summed E-state index contributed by atoms with van der Waals surface area (Å²) < 4.78 is 0. The normalized spacial score (nSPS) is 28.5. The van der Waals surface area contributed by atoms with Crippen molar-refractivity contribution in [3.63, 3.8) is 0 Å². The molecule has 1 aliphatic carbocycles. The Kier molecular flexibility index (Phi) is 1.49. The molecule has 0 nitrogen and oxygen atoms in total. The van der Waals surface area contributed by atoms with Crippen LogP contribution in [0.2, 0.25) is 0 Å². The molecule has 0 bridgehead atoms. The van der Waals surface area contributed by atoms with E-state index >= 15 is 0 Å². The zero-order valence-corrected chi connectivity index (χ0v) is 7.17. The summed E-state index contributed by atoms with van der Waals surface area (Å²) in [6.07, 6.45) is 1.39. The maximum Gasteiger partial charge on any atom is -0.0133 e. The summed E-state index contributed by atoms with van der Waals surface area (Å²) in [7, 11) is 0. The van der Waals surface area contributed by atoms with Gasteiger partial charge in [0, 0.05) is 0 Å². The molecule has 1 aliphatic rings. The molecule has 2 rings (SSSR count). The van der Waals surface area contributed by atoms with Crippen LogP contribution < -0.4 is 0 Å². The minimum absolute atomic E-state index is 0.870. The van der Waals surface area contributed by atoms with Crippen molar-refractivity contribution in [2.75, 3.05) is 0 Å². The monoisotopic (exact) mass is 146 g/mol. The summed E-state index contributed by atoms with van der Waals surface area (Å²) in [5, 5.41) is 0. The van der Waals surface area contributed by atoms with Crippen LogP contribution in [0.1, 0.15) is 30.4 Å². The number of aryl methyl sites for hydroxylation is 1. The Hall–Kier alpha value is -0.780. The van der Waals surface area contributed by atoms with Gasteiger partial charge in [0.1, 0.15) is 0 Å². The van der Waals surface area contributed by atoms with Gasteiger partial charge in [-0.1, -0.05) is 36.8 Å². The number of hydrogen-bond acceptors (Lipinski definition) is 0. The standard InChI is InChI=1S/C11H14/c1-8-4-3-5-10(6-8)11-7-9(11)2/h3-6,9,11H,7H2,1-2H3/t9-,11?/m0/s1. The molecule has 1 fully saturated rings. The molecule has 0 saturated heterocycles. The molecule has 1 aromatic carbocycles. The van der Waals surface area contributed by atoms with Gasteiger partial charge in [-0.05, 0) is 30.7 Å². The number of hydrogen-bond donors (Lipinski definition) is 0. The molecule has 11 heavy (non-hydrogen) atoms. The van der Waals surface area contributed by atoms with Crippen LogP contribution in [0.15, 0.2) is 24.3 Å². The Morgan fingerprint density at radius 2 is 2.09 bits per heavy atom. The number of rotatable bonds is 1. The van der Waals surface area contributed by atoms with Gasteiger partial charge in [0.25, 0.3) is 0 Å². The van der Waals surface area contributed by atoms with Gasteiger partial charge in [-0.15, -0.1) is 0 Å². The van der Waals surface area contributed by atoms with E-state index in [9.17, 15) is 0 Å². The second-order valence-corrected chi connectivity index (χ2v) is 3.73. The topological polar surface area (TPSA) is 0 Å². The third kappa shape index (κ3) is 1.30. The maximum atomic E-state index is 2.33. The van der Waals surface area contributed by atoms with Crippen LogP contribution in [0.3, 0.4) is 0 Å². The molecule has 0 heterocycles. The lowest BCUT2D eigenvalue weighted by Crippen LogP contribution is -1.81. The molecule has 1 unspecified atom stereocenters. The fourth-order valence-corrected chi connectivity index (χ4v) is 1.69. The van der Waals surface area contributed by atoms with E-state index in [2.05, 4.69) is 38.1 Å². The Balaban J connectivity index is 2.25. The van der Waals surface area contributed by atoms with Gasteiger partial charge in [0.05, 0.1) is 0 Å². The minimum atomic E-state index is 0.870. The van der Waals surface area contributed by atoms with Crippen molar-refractivity contribution in [3.8, 4) is 0 Å². The Morgan fingerprint density at radius 1 is 1.36 bits per heavy atom. The molecule has 1 aromatic rings. The van der Waals surface area contributed by atoms with Gasteiger partial charge in [0.15, 0.2) is 0 Å². The van der Waals surface area contributed by atoms with Crippen molar-refractivity contribution < 1.29 is 0 Å². The van der Waals surface area contributed by atoms with Crippen molar-refractivity contribution in [2.24, 2.45) is 5.92 Å². The van der Waals surface area contributed by atoms with E-state index in [4.69, 9.17) is 0 Å². The van der Waals surface area contributed by atoms with Gasteiger partial charge in [-0.25, -0.2) is 0 Å². The minimum Gasteiger partial charge on any atom is -0.0619 e. The first-order valence-electron chi connectivity index (χ1n) is 4.34. The Bertz CT molecular complexity index is 262. The molecule has 0 N–H and O–H groups in total. The highest BCUT2D eigenvalue weighted by molar-refractivity contribution is 5.29. The third-order valence-corrected chi connectivity index (χ3v) is 2.58. The lowest BCUT2D eigenvalue weighted by atomic mass is 10.1. The second-order valence-electron chi connectivity index (χ2n) is 3.73. The highest BCUT2D eigenvalue weighted by Gasteiger charge is 2.33. The van der Waals surface area contributed by atoms with E-state index in [1.807, 2.05) is 0 Å². The van der Waals surface area contributed by atoms with Crippen LogP contribution >= 0.6 is 0 Å². The average molecular weight is 146 g/mol. The Labute approximate surface area is 68.3 Å². The van der Waals surface area contributed by atoms with Gasteiger partial charge < -0.3 is 0 Å². The summed E-state index contributed by atoms with van der Waals surface area (Å²) in [4.78, 5) is 0. The molecule has 2 atom stereocenters. The molecule has 0 amide bonds. The second kappa shape index (κ2) is 2.37. The van der Waals surface area contributed by atoms with Crippen LogP contribution in [0.25, 0.3) is 0 Å². The van der Waals surface area contributed by atoms with Gasteiger partial charge in [-0.3, -0.25) is 0 Å². The fraction of sp³-hybridized carbons (Fsp3) is 0.455. The summed E-state index contributed by atoms with van der Waals surface area (Å²) in [5.74, 6) is 1.80. The zero-order valence-electron chi connectivity index (χ0n) is 7.17. The van der Waals surface area contributed by atoms with Gasteiger partial charge in [-0.2, -0.15) is 0 Å². The van der Waals surface area contributed by atoms with E-state index in [0.29, 0.717) is 0 Å². The lowest BCUT2D eigenvalue weighted by molar-refractivity contribution is 0.913. The molecule has 1 saturated carbocycles. The van der Waals surface area contributed by atoms with Crippen LogP contribution in [-0.4, -0.2) is 0 Å². The van der Waals surface area contributed by atoms with E-state index in [1.54, 1.807) is 0 Å². The highest BCUT2D eigenvalue weighted by atomic mass is 14.4. The van der Waals surface area contributed by atoms with E-state index in [1.165, 1.54) is 17.5 Å². The largest absolute Gasteiger partial charge is 0.0619 e. The van der Waals surface area contributed by atoms with Gasteiger partial charge in [0.2, 0.25) is 0 Å². The van der Waals surface area contributed by atoms with Crippen molar-refractivity contribution in [3.05, 3.63) is 35.4 Å². The van der Waals surface area contributed by atoms with Crippen LogP contribution in [0.4, 0.5) is 0 Å². The molecule has 0 spiro atoms. The maximum absolute atomic E-state index is 2.33. The van der Waals surface area contributed by atoms with Crippen molar-refractivity contribution in [1.29, 1.82) is 0 Å². The number of benzene rings is 1. The van der Waals surface area contributed by atoms with E-state index < -0.39 is 0 Å². The zero-order chi connectivity index (χ0) is 7.84. The lowest BCUT2D eigenvalue weighted by Gasteiger charge is -1.98. The predicted molar refractivity (Wildman–Crippen MR) is 47.7 cm³/mol. The molecular weight excluding hydrogens is 132 g/mol. The summed E-state index contributed by atoms with van der Waals surface area (Å²) in [6, 6.07) is 8.89. The molecular formula is C11H14. The Morgan fingerprint density at radius 3 is 2.64 bits per heavy atom. The van der Waals surface area contributed by atoms with Crippen molar-refractivity contribution in [2.45, 2.75) is 26.2 Å². The molecule has 58 valence electrons. The highest BCUT2D eigenvalue weighted by Crippen LogP contribution is 2.46. The first-order chi connectivity index (χ1) is 5.27. The van der Waals surface area contributed by atoms with Gasteiger partial charge >= 0.3 is 0 Å². The average Bonchev–Trinajstić information content (AvgIpc) is 2.67. The predicted octanol–water partition coefficient (Wildman–Crippen LogP) is 3.12. The first-order valence-corrected chi connectivity index (χ1v) is 4.34. The van der Waals surface area contributed by atoms with Crippen molar-refractivity contribution in [1.82, 2.24) is 0 Å². The molecule has 0 aromatic heterocycles. The van der Waals surface area contributed by atoms with Crippen LogP contribution in [-0.2, 0) is 0 Å². The SMILES string of the molecule is Cc1cccc(C2C[C@@H]2C)c1. The third-order valence-electron chi connectivity index (χ3n) is 2.58. The molecule has 0 aliphatic heterocycles. The summed E-state index contributed by atoms with van der Waals surface area (Å²) in [5.41, 5.74) is 2.93. The summed E-state index contributed by atoms with van der Waals surface area (Å²) in [6.45, 7) is 4.49. The van der Waals surface area contributed by atoms with Crippen molar-refractivity contribution >= 4 is 0 Å². The van der Waals surface area contributed by atoms with E-state index in [-0.39, 0.29) is 0 Å². The molecule has 0 radical (unpaired) electrons.